The van der Waals surface area contributed by atoms with Gasteiger partial charge in [0.05, 0.1) is 0 Å². The summed E-state index contributed by atoms with van der Waals surface area (Å²) in [5.41, 5.74) is 0. The van der Waals surface area contributed by atoms with Crippen LogP contribution in [-0.2, 0) is 0 Å². The Morgan fingerprint density at radius 1 is 1.12 bits per heavy atom. The lowest BCUT2D eigenvalue weighted by Crippen LogP contribution is -2.28. The van der Waals surface area contributed by atoms with Gasteiger partial charge >= 0.3 is 0 Å². The van der Waals surface area contributed by atoms with Crippen LogP contribution < -0.4 is 5.32 Å². The van der Waals surface area contributed by atoms with E-state index in [1.807, 2.05) is 0 Å². The maximum absolute atomic E-state index is 3.50. The fraction of sp³-hybridized carbons (Fsp3) is 1.00. The molecule has 1 atom stereocenters. The zero-order chi connectivity index (χ0) is 12.3. The predicted molar refractivity (Wildman–Crippen MR) is 80.9 cm³/mol. The molecule has 0 aromatic carbocycles. The van der Waals surface area contributed by atoms with Crippen molar-refractivity contribution in [1.82, 2.24) is 5.32 Å². The molecule has 1 aliphatic rings. The van der Waals surface area contributed by atoms with Gasteiger partial charge in [-0.2, -0.15) is 11.8 Å². The first kappa shape index (κ1) is 15.4. The highest BCUT2D eigenvalue weighted by atomic mass is 32.2. The van der Waals surface area contributed by atoms with E-state index in [1.165, 1.54) is 70.0 Å². The predicted octanol–water partition coefficient (Wildman–Crippen LogP) is 4.61. The second-order valence-electron chi connectivity index (χ2n) is 5.43. The Hall–Kier alpha value is 0.310. The number of nitrogens with one attached hydrogen (secondary N) is 1. The van der Waals surface area contributed by atoms with Gasteiger partial charge in [-0.1, -0.05) is 51.9 Å². The molecule has 0 spiro atoms. The number of hydrogen-bond donors (Lipinski definition) is 1. The monoisotopic (exact) mass is 257 g/mol. The Balaban J connectivity index is 2.04. The molecule has 1 fully saturated rings. The Morgan fingerprint density at radius 3 is 2.53 bits per heavy atom. The normalized spacial score (nSPS) is 19.4. The molecule has 0 aliphatic heterocycles. The van der Waals surface area contributed by atoms with Gasteiger partial charge < -0.3 is 5.32 Å². The number of thioether (sulfide) groups is 1. The molecule has 0 saturated heterocycles. The Bertz CT molecular complexity index is 166. The van der Waals surface area contributed by atoms with Gasteiger partial charge in [0.25, 0.3) is 0 Å². The molecule has 17 heavy (non-hydrogen) atoms. The second-order valence-corrected chi connectivity index (χ2v) is 6.76. The van der Waals surface area contributed by atoms with Gasteiger partial charge in [-0.3, -0.25) is 0 Å². The lowest BCUT2D eigenvalue weighted by molar-refractivity contribution is 0.506. The Kier molecular flexibility index (Phi) is 9.27. The molecule has 2 heteroatoms. The Morgan fingerprint density at radius 2 is 1.88 bits per heavy atom. The van der Waals surface area contributed by atoms with Gasteiger partial charge in [-0.15, -0.1) is 0 Å². The van der Waals surface area contributed by atoms with Crippen molar-refractivity contribution in [2.24, 2.45) is 0 Å². The van der Waals surface area contributed by atoms with Gasteiger partial charge in [-0.05, 0) is 26.3 Å². The first-order chi connectivity index (χ1) is 8.36. The van der Waals surface area contributed by atoms with Crippen molar-refractivity contribution >= 4 is 11.8 Å². The van der Waals surface area contributed by atoms with Crippen LogP contribution in [0, 0.1) is 0 Å². The highest BCUT2D eigenvalue weighted by molar-refractivity contribution is 7.99. The van der Waals surface area contributed by atoms with Crippen LogP contribution in [0.1, 0.15) is 71.1 Å². The molecule has 0 amide bonds. The standard InChI is InChI=1S/C15H31NS/c1-3-4-5-7-10-14(16-2)13-17-15-11-8-6-9-12-15/h14-16H,3-13H2,1-2H3. The summed E-state index contributed by atoms with van der Waals surface area (Å²) < 4.78 is 0. The minimum absolute atomic E-state index is 0.749. The number of rotatable bonds is 9. The van der Waals surface area contributed by atoms with E-state index in [0.29, 0.717) is 0 Å². The van der Waals surface area contributed by atoms with Crippen LogP contribution in [-0.4, -0.2) is 24.1 Å². The molecule has 0 aromatic rings. The van der Waals surface area contributed by atoms with Gasteiger partial charge in [0.1, 0.15) is 0 Å². The summed E-state index contributed by atoms with van der Waals surface area (Å²) in [6.07, 6.45) is 14.3. The minimum atomic E-state index is 0.749. The summed E-state index contributed by atoms with van der Waals surface area (Å²) in [6, 6.07) is 0.749. The summed E-state index contributed by atoms with van der Waals surface area (Å²) in [5.74, 6) is 1.33. The number of hydrogen-bond acceptors (Lipinski definition) is 2. The average Bonchev–Trinajstić information content (AvgIpc) is 2.39. The van der Waals surface area contributed by atoms with Gasteiger partial charge in [-0.25, -0.2) is 0 Å². The first-order valence-electron chi connectivity index (χ1n) is 7.65. The van der Waals surface area contributed by atoms with Crippen molar-refractivity contribution in [3.05, 3.63) is 0 Å². The highest BCUT2D eigenvalue weighted by Crippen LogP contribution is 2.29. The molecule has 0 aromatic heterocycles. The van der Waals surface area contributed by atoms with E-state index in [0.717, 1.165) is 11.3 Å². The van der Waals surface area contributed by atoms with Crippen LogP contribution in [0.25, 0.3) is 0 Å². The number of unbranched alkanes of at least 4 members (excludes halogenated alkanes) is 3. The van der Waals surface area contributed by atoms with Crippen molar-refractivity contribution in [3.63, 3.8) is 0 Å². The zero-order valence-electron chi connectivity index (χ0n) is 11.8. The summed E-state index contributed by atoms with van der Waals surface area (Å²) in [6.45, 7) is 2.29. The smallest absolute Gasteiger partial charge is 0.0155 e. The van der Waals surface area contributed by atoms with Crippen LogP contribution in [0.3, 0.4) is 0 Å². The fourth-order valence-corrected chi connectivity index (χ4v) is 4.12. The van der Waals surface area contributed by atoms with Crippen LogP contribution in [0.5, 0.6) is 0 Å². The third kappa shape index (κ3) is 7.35. The van der Waals surface area contributed by atoms with Crippen molar-refractivity contribution in [2.45, 2.75) is 82.4 Å². The highest BCUT2D eigenvalue weighted by Gasteiger charge is 2.15. The third-order valence-corrected chi connectivity index (χ3v) is 5.44. The molecule has 1 rings (SSSR count). The van der Waals surface area contributed by atoms with E-state index >= 15 is 0 Å². The third-order valence-electron chi connectivity index (χ3n) is 3.90. The van der Waals surface area contributed by atoms with Crippen molar-refractivity contribution in [2.75, 3.05) is 12.8 Å². The van der Waals surface area contributed by atoms with Gasteiger partial charge in [0, 0.05) is 17.0 Å². The molecule has 0 heterocycles. The maximum Gasteiger partial charge on any atom is 0.0155 e. The molecule has 0 bridgehead atoms. The fourth-order valence-electron chi connectivity index (χ4n) is 2.61. The molecule has 1 aliphatic carbocycles. The summed E-state index contributed by atoms with van der Waals surface area (Å²) in [5, 5.41) is 4.47. The van der Waals surface area contributed by atoms with E-state index in [1.54, 1.807) is 0 Å². The van der Waals surface area contributed by atoms with E-state index in [4.69, 9.17) is 0 Å². The van der Waals surface area contributed by atoms with Gasteiger partial charge in [0.2, 0.25) is 0 Å². The largest absolute Gasteiger partial charge is 0.316 e. The Labute approximate surface area is 113 Å². The maximum atomic E-state index is 3.50. The lowest BCUT2D eigenvalue weighted by Gasteiger charge is -2.24. The summed E-state index contributed by atoms with van der Waals surface area (Å²) in [7, 11) is 2.13. The van der Waals surface area contributed by atoms with E-state index < -0.39 is 0 Å². The molecule has 1 unspecified atom stereocenters. The van der Waals surface area contributed by atoms with Crippen molar-refractivity contribution in [3.8, 4) is 0 Å². The van der Waals surface area contributed by atoms with Crippen LogP contribution in [0.4, 0.5) is 0 Å². The first-order valence-corrected chi connectivity index (χ1v) is 8.70. The topological polar surface area (TPSA) is 12.0 Å². The van der Waals surface area contributed by atoms with Crippen LogP contribution >= 0.6 is 11.8 Å². The molecule has 1 nitrogen and oxygen atoms in total. The average molecular weight is 257 g/mol. The quantitative estimate of drug-likeness (QED) is 0.605. The van der Waals surface area contributed by atoms with Crippen molar-refractivity contribution < 1.29 is 0 Å². The molecule has 0 radical (unpaired) electrons. The zero-order valence-corrected chi connectivity index (χ0v) is 12.7. The lowest BCUT2D eigenvalue weighted by atomic mass is 10.0. The van der Waals surface area contributed by atoms with Crippen LogP contribution in [0.15, 0.2) is 0 Å². The molecule has 1 N–H and O–H groups in total. The summed E-state index contributed by atoms with van der Waals surface area (Å²) in [4.78, 5) is 0. The van der Waals surface area contributed by atoms with Crippen LogP contribution in [0.2, 0.25) is 0 Å². The van der Waals surface area contributed by atoms with Gasteiger partial charge in [0.15, 0.2) is 0 Å². The molecular formula is C15H31NS. The SMILES string of the molecule is CCCCCCC(CSC1CCCCC1)NC. The molecule has 102 valence electrons. The van der Waals surface area contributed by atoms with E-state index in [-0.39, 0.29) is 0 Å². The molecular weight excluding hydrogens is 226 g/mol. The van der Waals surface area contributed by atoms with E-state index in [2.05, 4.69) is 31.1 Å². The van der Waals surface area contributed by atoms with E-state index in [9.17, 15) is 0 Å². The van der Waals surface area contributed by atoms with Crippen molar-refractivity contribution in [1.29, 1.82) is 0 Å². The minimum Gasteiger partial charge on any atom is -0.316 e. The summed E-state index contributed by atoms with van der Waals surface area (Å²) >= 11 is 2.23. The second kappa shape index (κ2) is 10.3. The molecule has 1 saturated carbocycles.